The van der Waals surface area contributed by atoms with E-state index in [2.05, 4.69) is 12.2 Å². The van der Waals surface area contributed by atoms with Crippen molar-refractivity contribution in [1.29, 1.82) is 0 Å². The van der Waals surface area contributed by atoms with E-state index in [0.29, 0.717) is 13.1 Å². The standard InChI is InChI=1S/C24H50NO5P/c1-3-4-5-6-7-8-9-10-11-12-13-14-15-16-17-19-24(28-23-26)22-30-31(27)29-21-18-20-25-2/h23-25,27H,3-22H2,1-2H3. The van der Waals surface area contributed by atoms with E-state index in [4.69, 9.17) is 13.8 Å². The Bertz CT molecular complexity index is 363. The SMILES string of the molecule is CCCCCCCCCCCCCCCCCC(COP(O)OCCCNC)OC=O. The molecule has 0 aromatic carbocycles. The van der Waals surface area contributed by atoms with Gasteiger partial charge in [0.2, 0.25) is 0 Å². The first-order valence-electron chi connectivity index (χ1n) is 12.7. The number of unbranched alkanes of at least 4 members (excludes halogenated alkanes) is 14. The summed E-state index contributed by atoms with van der Waals surface area (Å²) >= 11 is 0. The molecule has 31 heavy (non-hydrogen) atoms. The van der Waals surface area contributed by atoms with Crippen molar-refractivity contribution < 1.29 is 23.5 Å². The lowest BCUT2D eigenvalue weighted by molar-refractivity contribution is -0.135. The molecule has 2 atom stereocenters. The molecular weight excluding hydrogens is 413 g/mol. The number of hydrogen-bond donors (Lipinski definition) is 2. The van der Waals surface area contributed by atoms with Crippen molar-refractivity contribution in [2.24, 2.45) is 0 Å². The molecule has 0 aliphatic rings. The predicted octanol–water partition coefficient (Wildman–Crippen LogP) is 6.65. The molecular formula is C24H50NO5P. The molecule has 0 aromatic heterocycles. The molecule has 0 bridgehead atoms. The summed E-state index contributed by atoms with van der Waals surface area (Å²) in [5.41, 5.74) is 0. The van der Waals surface area contributed by atoms with Crippen molar-refractivity contribution in [2.45, 2.75) is 122 Å². The highest BCUT2D eigenvalue weighted by Gasteiger charge is 2.14. The van der Waals surface area contributed by atoms with Crippen LogP contribution in [-0.2, 0) is 18.6 Å². The summed E-state index contributed by atoms with van der Waals surface area (Å²) in [5.74, 6) is 0. The zero-order valence-corrected chi connectivity index (χ0v) is 21.2. The molecule has 0 aromatic rings. The maximum atomic E-state index is 10.7. The van der Waals surface area contributed by atoms with Crippen LogP contribution < -0.4 is 5.32 Å². The van der Waals surface area contributed by atoms with Crippen molar-refractivity contribution in [2.75, 3.05) is 26.8 Å². The number of carbonyl (C=O) groups excluding carboxylic acids is 1. The predicted molar refractivity (Wildman–Crippen MR) is 130 cm³/mol. The van der Waals surface area contributed by atoms with Gasteiger partial charge in [-0.15, -0.1) is 0 Å². The van der Waals surface area contributed by atoms with Gasteiger partial charge in [0, 0.05) is 0 Å². The van der Waals surface area contributed by atoms with Gasteiger partial charge in [0.1, 0.15) is 6.10 Å². The molecule has 0 radical (unpaired) electrons. The Morgan fingerprint density at radius 3 is 1.81 bits per heavy atom. The Morgan fingerprint density at radius 2 is 1.32 bits per heavy atom. The number of rotatable bonds is 26. The van der Waals surface area contributed by atoms with Crippen LogP contribution in [0.25, 0.3) is 0 Å². The molecule has 0 aliphatic carbocycles. The second-order valence-corrected chi connectivity index (χ2v) is 9.41. The highest BCUT2D eigenvalue weighted by molar-refractivity contribution is 7.40. The lowest BCUT2D eigenvalue weighted by Crippen LogP contribution is -2.18. The highest BCUT2D eigenvalue weighted by atomic mass is 31.2. The molecule has 0 aliphatic heterocycles. The lowest BCUT2D eigenvalue weighted by Gasteiger charge is -2.17. The van der Waals surface area contributed by atoms with Crippen LogP contribution in [0.1, 0.15) is 116 Å². The summed E-state index contributed by atoms with van der Waals surface area (Å²) < 4.78 is 15.6. The Balaban J connectivity index is 3.47. The van der Waals surface area contributed by atoms with Crippen LogP contribution in [0.15, 0.2) is 0 Å². The van der Waals surface area contributed by atoms with Gasteiger partial charge in [0.05, 0.1) is 13.2 Å². The Labute approximate surface area is 193 Å². The number of ether oxygens (including phenoxy) is 1. The first-order valence-corrected chi connectivity index (χ1v) is 13.9. The quantitative estimate of drug-likeness (QED) is 0.0849. The van der Waals surface area contributed by atoms with Gasteiger partial charge in [-0.2, -0.15) is 0 Å². The number of carbonyl (C=O) groups is 1. The highest BCUT2D eigenvalue weighted by Crippen LogP contribution is 2.33. The number of nitrogens with one attached hydrogen (secondary N) is 1. The Kier molecular flexibility index (Phi) is 25.8. The van der Waals surface area contributed by atoms with E-state index in [9.17, 15) is 9.69 Å². The van der Waals surface area contributed by atoms with Crippen LogP contribution in [0.5, 0.6) is 0 Å². The van der Waals surface area contributed by atoms with Gasteiger partial charge in [-0.25, -0.2) is 0 Å². The van der Waals surface area contributed by atoms with E-state index < -0.39 is 8.60 Å². The Morgan fingerprint density at radius 1 is 0.806 bits per heavy atom. The molecule has 0 spiro atoms. The van der Waals surface area contributed by atoms with Gasteiger partial charge in [0.15, 0.2) is 0 Å². The van der Waals surface area contributed by atoms with Gasteiger partial charge < -0.3 is 24.0 Å². The van der Waals surface area contributed by atoms with Crippen LogP contribution in [0.4, 0.5) is 0 Å². The van der Waals surface area contributed by atoms with Gasteiger partial charge in [-0.1, -0.05) is 96.8 Å². The van der Waals surface area contributed by atoms with Gasteiger partial charge in [0.25, 0.3) is 6.47 Å². The van der Waals surface area contributed by atoms with Crippen LogP contribution in [0.2, 0.25) is 0 Å². The molecule has 0 heterocycles. The lowest BCUT2D eigenvalue weighted by atomic mass is 10.0. The van der Waals surface area contributed by atoms with Crippen molar-refractivity contribution in [3.8, 4) is 0 Å². The van der Waals surface area contributed by atoms with Crippen molar-refractivity contribution in [3.63, 3.8) is 0 Å². The molecule has 0 saturated carbocycles. The third-order valence-electron chi connectivity index (χ3n) is 5.52. The van der Waals surface area contributed by atoms with E-state index in [1.807, 2.05) is 7.05 Å². The maximum Gasteiger partial charge on any atom is 0.329 e. The smallest absolute Gasteiger partial charge is 0.329 e. The zero-order valence-electron chi connectivity index (χ0n) is 20.3. The molecule has 0 saturated heterocycles. The summed E-state index contributed by atoms with van der Waals surface area (Å²) in [7, 11) is -0.0300. The average molecular weight is 464 g/mol. The summed E-state index contributed by atoms with van der Waals surface area (Å²) in [6.45, 7) is 4.20. The molecule has 0 fully saturated rings. The molecule has 2 N–H and O–H groups in total. The van der Waals surface area contributed by atoms with Crippen molar-refractivity contribution in [3.05, 3.63) is 0 Å². The van der Waals surface area contributed by atoms with Crippen molar-refractivity contribution >= 4 is 15.1 Å². The zero-order chi connectivity index (χ0) is 22.8. The summed E-state index contributed by atoms with van der Waals surface area (Å²) in [5, 5.41) is 3.02. The minimum absolute atomic E-state index is 0.186. The second kappa shape index (κ2) is 26.0. The normalized spacial score (nSPS) is 13.3. The minimum atomic E-state index is -1.90. The fourth-order valence-corrected chi connectivity index (χ4v) is 4.24. The van der Waals surface area contributed by atoms with Crippen LogP contribution in [0, 0.1) is 0 Å². The van der Waals surface area contributed by atoms with E-state index in [1.54, 1.807) is 0 Å². The van der Waals surface area contributed by atoms with E-state index in [1.165, 1.54) is 83.5 Å². The van der Waals surface area contributed by atoms with Crippen LogP contribution in [-0.4, -0.2) is 44.3 Å². The van der Waals surface area contributed by atoms with Gasteiger partial charge in [-0.3, -0.25) is 4.79 Å². The van der Waals surface area contributed by atoms with Crippen molar-refractivity contribution in [1.82, 2.24) is 5.32 Å². The summed E-state index contributed by atoms with van der Waals surface area (Å²) in [4.78, 5) is 20.4. The van der Waals surface area contributed by atoms with E-state index in [-0.39, 0.29) is 12.7 Å². The molecule has 2 unspecified atom stereocenters. The third-order valence-corrected chi connectivity index (χ3v) is 6.29. The molecule has 0 rings (SSSR count). The molecule has 186 valence electrons. The molecule has 6 nitrogen and oxygen atoms in total. The van der Waals surface area contributed by atoms with E-state index in [0.717, 1.165) is 32.2 Å². The van der Waals surface area contributed by atoms with Crippen LogP contribution >= 0.6 is 8.60 Å². The molecule has 0 amide bonds. The monoisotopic (exact) mass is 463 g/mol. The summed E-state index contributed by atoms with van der Waals surface area (Å²) in [6, 6.07) is 0. The third kappa shape index (κ3) is 24.2. The topological polar surface area (TPSA) is 77.0 Å². The fraction of sp³-hybridized carbons (Fsp3) is 0.958. The summed E-state index contributed by atoms with van der Waals surface area (Å²) in [6.07, 6.45) is 21.2. The van der Waals surface area contributed by atoms with Gasteiger partial charge in [-0.05, 0) is 32.9 Å². The minimum Gasteiger partial charge on any atom is -0.462 e. The van der Waals surface area contributed by atoms with E-state index >= 15 is 0 Å². The first-order chi connectivity index (χ1) is 15.2. The van der Waals surface area contributed by atoms with Crippen LogP contribution in [0.3, 0.4) is 0 Å². The first kappa shape index (κ1) is 30.7. The maximum absolute atomic E-state index is 10.7. The Hall–Kier alpha value is -0.260. The van der Waals surface area contributed by atoms with Gasteiger partial charge >= 0.3 is 8.60 Å². The number of hydrogen-bond acceptors (Lipinski definition) is 6. The second-order valence-electron chi connectivity index (χ2n) is 8.42. The largest absolute Gasteiger partial charge is 0.462 e. The molecule has 7 heteroatoms. The average Bonchev–Trinajstić information content (AvgIpc) is 2.77. The fourth-order valence-electron chi connectivity index (χ4n) is 3.59.